The summed E-state index contributed by atoms with van der Waals surface area (Å²) in [7, 11) is 0. The van der Waals surface area contributed by atoms with Gasteiger partial charge in [0.2, 0.25) is 0 Å². The van der Waals surface area contributed by atoms with Crippen LogP contribution < -0.4 is 0 Å². The fraction of sp³-hybridized carbons (Fsp3) is 0.640. The standard InChI is InChI=1S/C25H36O13/c1-3-4-13(2)37-23-21(31)20(30)19(29)17(38-23)10-34-24-22(32)25(33,12-36-24)11-35-18(28)8-6-14-5-7-15(26)16(27)9-14/h5-9,13,17,19-24,26-27,29-33H,3-4,10-12H2,1-2H3/b8-6-/t13-,17-,19-,20+,21-,22-,23-,24+,25+/m0/s1. The maximum atomic E-state index is 12.0. The highest BCUT2D eigenvalue weighted by Crippen LogP contribution is 2.29. The van der Waals surface area contributed by atoms with Crippen LogP contribution in [-0.4, -0.2) is 116 Å². The van der Waals surface area contributed by atoms with E-state index >= 15 is 0 Å². The van der Waals surface area contributed by atoms with Crippen LogP contribution >= 0.6 is 0 Å². The van der Waals surface area contributed by atoms with Gasteiger partial charge in [0, 0.05) is 6.08 Å². The van der Waals surface area contributed by atoms with Crippen molar-refractivity contribution in [1.29, 1.82) is 0 Å². The first kappa shape index (κ1) is 30.2. The summed E-state index contributed by atoms with van der Waals surface area (Å²) in [6.45, 7) is 2.30. The van der Waals surface area contributed by atoms with Gasteiger partial charge >= 0.3 is 5.97 Å². The summed E-state index contributed by atoms with van der Waals surface area (Å²) in [5.74, 6) is -1.53. The van der Waals surface area contributed by atoms with Gasteiger partial charge in [-0.15, -0.1) is 0 Å². The number of aliphatic hydroxyl groups excluding tert-OH is 4. The minimum absolute atomic E-state index is 0.274. The van der Waals surface area contributed by atoms with Gasteiger partial charge < -0.3 is 59.4 Å². The molecule has 0 saturated carbocycles. The van der Waals surface area contributed by atoms with Gasteiger partial charge in [0.25, 0.3) is 0 Å². The number of hydrogen-bond donors (Lipinski definition) is 7. The third kappa shape index (κ3) is 7.40. The van der Waals surface area contributed by atoms with E-state index in [1.54, 1.807) is 6.92 Å². The molecule has 1 aromatic rings. The Balaban J connectivity index is 1.50. The largest absolute Gasteiger partial charge is 0.504 e. The van der Waals surface area contributed by atoms with Crippen molar-refractivity contribution < 1.29 is 64.2 Å². The molecule has 0 radical (unpaired) electrons. The molecule has 214 valence electrons. The molecule has 13 nitrogen and oxygen atoms in total. The molecule has 3 rings (SSSR count). The first-order valence-electron chi connectivity index (χ1n) is 12.3. The number of benzene rings is 1. The van der Waals surface area contributed by atoms with E-state index in [1.165, 1.54) is 24.3 Å². The molecular weight excluding hydrogens is 508 g/mol. The molecular formula is C25H36O13. The predicted octanol–water partition coefficient (Wildman–Crippen LogP) is -0.868. The molecule has 0 aliphatic carbocycles. The Morgan fingerprint density at radius 1 is 1.13 bits per heavy atom. The van der Waals surface area contributed by atoms with Crippen LogP contribution in [0.4, 0.5) is 0 Å². The second-order valence-corrected chi connectivity index (χ2v) is 9.50. The molecule has 2 fully saturated rings. The van der Waals surface area contributed by atoms with Crippen LogP contribution in [0.3, 0.4) is 0 Å². The summed E-state index contributed by atoms with van der Waals surface area (Å²) in [4.78, 5) is 12.0. The Hall–Kier alpha value is -2.33. The van der Waals surface area contributed by atoms with E-state index in [0.717, 1.165) is 12.5 Å². The molecule has 2 heterocycles. The van der Waals surface area contributed by atoms with Gasteiger partial charge in [-0.2, -0.15) is 0 Å². The lowest BCUT2D eigenvalue weighted by atomic mass is 9.99. The van der Waals surface area contributed by atoms with Crippen molar-refractivity contribution in [2.75, 3.05) is 19.8 Å². The summed E-state index contributed by atoms with van der Waals surface area (Å²) < 4.78 is 27.0. The fourth-order valence-electron chi connectivity index (χ4n) is 4.04. The van der Waals surface area contributed by atoms with Gasteiger partial charge in [-0.3, -0.25) is 0 Å². The molecule has 7 N–H and O–H groups in total. The molecule has 0 bridgehead atoms. The number of carbonyl (C=O) groups is 1. The van der Waals surface area contributed by atoms with Crippen molar-refractivity contribution in [3.8, 4) is 11.5 Å². The summed E-state index contributed by atoms with van der Waals surface area (Å²) >= 11 is 0. The number of hydrogen-bond acceptors (Lipinski definition) is 13. The van der Waals surface area contributed by atoms with Crippen LogP contribution in [0.15, 0.2) is 24.3 Å². The summed E-state index contributed by atoms with van der Waals surface area (Å²) in [6, 6.07) is 3.93. The van der Waals surface area contributed by atoms with E-state index in [9.17, 15) is 40.5 Å². The highest BCUT2D eigenvalue weighted by atomic mass is 16.7. The molecule has 2 aliphatic heterocycles. The minimum Gasteiger partial charge on any atom is -0.504 e. The second-order valence-electron chi connectivity index (χ2n) is 9.50. The molecule has 38 heavy (non-hydrogen) atoms. The minimum atomic E-state index is -1.99. The van der Waals surface area contributed by atoms with Gasteiger partial charge in [-0.05, 0) is 37.1 Å². The van der Waals surface area contributed by atoms with Crippen molar-refractivity contribution in [1.82, 2.24) is 0 Å². The lowest BCUT2D eigenvalue weighted by Crippen LogP contribution is -2.60. The van der Waals surface area contributed by atoms with E-state index in [0.29, 0.717) is 12.0 Å². The number of ether oxygens (including phenoxy) is 5. The number of aromatic hydroxyl groups is 2. The second kappa shape index (κ2) is 13.2. The molecule has 0 aromatic heterocycles. The quantitative estimate of drug-likeness (QED) is 0.103. The number of carbonyl (C=O) groups excluding carboxylic acids is 1. The van der Waals surface area contributed by atoms with Gasteiger partial charge in [0.15, 0.2) is 29.7 Å². The zero-order valence-electron chi connectivity index (χ0n) is 21.1. The molecule has 0 amide bonds. The lowest BCUT2D eigenvalue weighted by molar-refractivity contribution is -0.317. The average Bonchev–Trinajstić information content (AvgIpc) is 3.16. The Kier molecular flexibility index (Phi) is 10.5. The van der Waals surface area contributed by atoms with Crippen molar-refractivity contribution in [2.45, 2.75) is 81.5 Å². The number of esters is 1. The van der Waals surface area contributed by atoms with Crippen LogP contribution in [0.5, 0.6) is 11.5 Å². The Labute approximate surface area is 219 Å². The summed E-state index contributed by atoms with van der Waals surface area (Å²) in [6.07, 6.45) is -6.34. The van der Waals surface area contributed by atoms with Gasteiger partial charge in [-0.25, -0.2) is 4.79 Å². The van der Waals surface area contributed by atoms with Crippen molar-refractivity contribution >= 4 is 12.0 Å². The Bertz CT molecular complexity index is 955. The Morgan fingerprint density at radius 3 is 2.55 bits per heavy atom. The molecule has 1 aromatic carbocycles. The summed E-state index contributed by atoms with van der Waals surface area (Å²) in [5, 5.41) is 70.7. The lowest BCUT2D eigenvalue weighted by Gasteiger charge is -2.41. The van der Waals surface area contributed by atoms with Crippen molar-refractivity contribution in [3.05, 3.63) is 29.8 Å². The van der Waals surface area contributed by atoms with Crippen LogP contribution in [0, 0.1) is 0 Å². The van der Waals surface area contributed by atoms with Gasteiger partial charge in [0.05, 0.1) is 19.3 Å². The molecule has 13 heteroatoms. The molecule has 9 atom stereocenters. The molecule has 2 saturated heterocycles. The normalized spacial score (nSPS) is 34.4. The zero-order valence-corrected chi connectivity index (χ0v) is 21.1. The number of aliphatic hydroxyl groups is 5. The van der Waals surface area contributed by atoms with Crippen LogP contribution in [-0.2, 0) is 28.5 Å². The van der Waals surface area contributed by atoms with Crippen molar-refractivity contribution in [3.63, 3.8) is 0 Å². The van der Waals surface area contributed by atoms with Gasteiger partial charge in [0.1, 0.15) is 37.1 Å². The monoisotopic (exact) mass is 544 g/mol. The zero-order chi connectivity index (χ0) is 28.0. The fourth-order valence-corrected chi connectivity index (χ4v) is 4.04. The first-order chi connectivity index (χ1) is 17.9. The smallest absolute Gasteiger partial charge is 0.330 e. The van der Waals surface area contributed by atoms with Crippen LogP contribution in [0.2, 0.25) is 0 Å². The van der Waals surface area contributed by atoms with Crippen LogP contribution in [0.1, 0.15) is 32.3 Å². The summed E-state index contributed by atoms with van der Waals surface area (Å²) in [5.41, 5.74) is -1.58. The first-order valence-corrected chi connectivity index (χ1v) is 12.3. The molecule has 2 aliphatic rings. The topological polar surface area (TPSA) is 205 Å². The van der Waals surface area contributed by atoms with E-state index in [1.807, 2.05) is 6.92 Å². The number of rotatable bonds is 11. The van der Waals surface area contributed by atoms with E-state index < -0.39 is 67.9 Å². The van der Waals surface area contributed by atoms with E-state index in [2.05, 4.69) is 0 Å². The third-order valence-corrected chi connectivity index (χ3v) is 6.34. The highest BCUT2D eigenvalue weighted by Gasteiger charge is 2.51. The van der Waals surface area contributed by atoms with Crippen LogP contribution in [0.25, 0.3) is 6.08 Å². The maximum Gasteiger partial charge on any atom is 0.330 e. The van der Waals surface area contributed by atoms with E-state index in [-0.39, 0.29) is 24.2 Å². The maximum absolute atomic E-state index is 12.0. The van der Waals surface area contributed by atoms with Gasteiger partial charge in [-0.1, -0.05) is 19.4 Å². The number of phenols is 2. The number of phenolic OH excluding ortho intramolecular Hbond substituents is 2. The van der Waals surface area contributed by atoms with E-state index in [4.69, 9.17) is 23.7 Å². The SMILES string of the molecule is CCC[C@H](C)O[C@H]1O[C@@H](CO[C@@H]2OC[C@](O)(COC(=O)/C=C\c3ccc(O)c(O)c3)[C@H]2O)[C@H](O)[C@@H](O)[C@@H]1O. The highest BCUT2D eigenvalue weighted by molar-refractivity contribution is 5.87. The molecule has 0 spiro atoms. The Morgan fingerprint density at radius 2 is 1.87 bits per heavy atom. The predicted molar refractivity (Wildman–Crippen MR) is 129 cm³/mol. The molecule has 0 unspecified atom stereocenters. The third-order valence-electron chi connectivity index (χ3n) is 6.34. The van der Waals surface area contributed by atoms with Crippen molar-refractivity contribution in [2.24, 2.45) is 0 Å². The average molecular weight is 545 g/mol.